The minimum Gasteiger partial charge on any atom is -0.369 e. The van der Waals surface area contributed by atoms with E-state index in [1.165, 1.54) is 12.8 Å². The third-order valence-electron chi connectivity index (χ3n) is 6.65. The zero-order chi connectivity index (χ0) is 23.4. The van der Waals surface area contributed by atoms with Gasteiger partial charge in [0.25, 0.3) is 5.91 Å². The lowest BCUT2D eigenvalue weighted by Gasteiger charge is -2.40. The molecular weight excluding hydrogens is 468 g/mol. The molecule has 1 heterocycles. The lowest BCUT2D eigenvalue weighted by atomic mass is 9.89. The Labute approximate surface area is 199 Å². The van der Waals surface area contributed by atoms with Crippen LogP contribution in [0.4, 0.5) is 5.69 Å². The maximum absolute atomic E-state index is 13.1. The molecule has 1 aromatic heterocycles. The van der Waals surface area contributed by atoms with Gasteiger partial charge in [-0.3, -0.25) is 9.59 Å². The predicted octanol–water partition coefficient (Wildman–Crippen LogP) is 4.38. The minimum atomic E-state index is -0.169. The molecule has 1 saturated carbocycles. The SMILES string of the molecule is CCN(c1cc(Br)cc(C(=O)NCc2c[nH]c(C)cc2=O)c1C)C1CCC(N(C)C)CC1. The smallest absolute Gasteiger partial charge is 0.251 e. The number of aromatic nitrogens is 1. The molecule has 0 unspecified atom stereocenters. The summed E-state index contributed by atoms with van der Waals surface area (Å²) in [5.74, 6) is -0.169. The van der Waals surface area contributed by atoms with Crippen LogP contribution < -0.4 is 15.6 Å². The Balaban J connectivity index is 1.79. The standard InChI is InChI=1S/C25H35BrN4O2/c1-6-30(21-9-7-20(8-10-21)29(4)5)23-13-19(26)12-22(17(23)3)25(32)28-15-18-14-27-16(2)11-24(18)31/h11-14,20-21H,6-10,15H2,1-5H3,(H,27,31)(H,28,32). The van der Waals surface area contributed by atoms with Gasteiger partial charge in [-0.05, 0) is 78.2 Å². The highest BCUT2D eigenvalue weighted by Gasteiger charge is 2.28. The van der Waals surface area contributed by atoms with Crippen molar-refractivity contribution in [1.29, 1.82) is 0 Å². The highest BCUT2D eigenvalue weighted by atomic mass is 79.9. The van der Waals surface area contributed by atoms with Crippen LogP contribution in [-0.2, 0) is 6.54 Å². The molecule has 174 valence electrons. The Morgan fingerprint density at radius 1 is 1.12 bits per heavy atom. The van der Waals surface area contributed by atoms with E-state index in [9.17, 15) is 9.59 Å². The summed E-state index contributed by atoms with van der Waals surface area (Å²) in [6.07, 6.45) is 6.36. The van der Waals surface area contributed by atoms with Crippen molar-refractivity contribution in [3.8, 4) is 0 Å². The molecule has 0 atom stereocenters. The van der Waals surface area contributed by atoms with E-state index in [-0.39, 0.29) is 17.9 Å². The van der Waals surface area contributed by atoms with Crippen molar-refractivity contribution in [3.05, 3.63) is 61.5 Å². The molecule has 1 aliphatic carbocycles. The lowest BCUT2D eigenvalue weighted by Crippen LogP contribution is -2.42. The van der Waals surface area contributed by atoms with Crippen LogP contribution in [0.25, 0.3) is 0 Å². The van der Waals surface area contributed by atoms with Gasteiger partial charge in [0, 0.05) is 64.4 Å². The molecule has 0 saturated heterocycles. The van der Waals surface area contributed by atoms with Gasteiger partial charge in [0.05, 0.1) is 0 Å². The fraction of sp³-hybridized carbons (Fsp3) is 0.520. The van der Waals surface area contributed by atoms with Gasteiger partial charge in [-0.15, -0.1) is 0 Å². The number of aryl methyl sites for hydroxylation is 1. The second-order valence-electron chi connectivity index (χ2n) is 9.00. The maximum Gasteiger partial charge on any atom is 0.251 e. The molecule has 2 aromatic rings. The Bertz CT molecular complexity index is 1010. The van der Waals surface area contributed by atoms with E-state index in [4.69, 9.17) is 0 Å². The first-order valence-corrected chi connectivity index (χ1v) is 12.2. The fourth-order valence-electron chi connectivity index (χ4n) is 4.72. The number of H-pyrrole nitrogens is 1. The third kappa shape index (κ3) is 5.62. The zero-order valence-electron chi connectivity index (χ0n) is 19.8. The van der Waals surface area contributed by atoms with Crippen molar-refractivity contribution in [2.75, 3.05) is 25.5 Å². The van der Waals surface area contributed by atoms with Crippen LogP contribution in [0.15, 0.2) is 33.7 Å². The number of benzene rings is 1. The normalized spacial score (nSPS) is 18.6. The second kappa shape index (κ2) is 10.7. The van der Waals surface area contributed by atoms with Crippen LogP contribution in [0.1, 0.15) is 59.8 Å². The van der Waals surface area contributed by atoms with Crippen molar-refractivity contribution in [3.63, 3.8) is 0 Å². The molecule has 1 fully saturated rings. The van der Waals surface area contributed by atoms with E-state index in [0.29, 0.717) is 23.2 Å². The minimum absolute atomic E-state index is 0.0707. The van der Waals surface area contributed by atoms with Crippen LogP contribution in [-0.4, -0.2) is 48.5 Å². The van der Waals surface area contributed by atoms with Crippen molar-refractivity contribution < 1.29 is 4.79 Å². The molecule has 1 amide bonds. The number of hydrogen-bond acceptors (Lipinski definition) is 4. The van der Waals surface area contributed by atoms with Crippen LogP contribution in [0.2, 0.25) is 0 Å². The Morgan fingerprint density at radius 3 is 2.38 bits per heavy atom. The van der Waals surface area contributed by atoms with Gasteiger partial charge >= 0.3 is 0 Å². The van der Waals surface area contributed by atoms with Crippen molar-refractivity contribution >= 4 is 27.5 Å². The molecule has 3 rings (SSSR count). The van der Waals surface area contributed by atoms with Gasteiger partial charge in [-0.2, -0.15) is 0 Å². The van der Waals surface area contributed by atoms with Crippen molar-refractivity contribution in [2.24, 2.45) is 0 Å². The summed E-state index contributed by atoms with van der Waals surface area (Å²) in [7, 11) is 4.33. The van der Waals surface area contributed by atoms with Gasteiger partial charge in [0.2, 0.25) is 0 Å². The molecule has 0 radical (unpaired) electrons. The Hall–Kier alpha value is -2.12. The molecular formula is C25H35BrN4O2. The number of pyridine rings is 1. The first kappa shape index (κ1) is 24.5. The first-order valence-electron chi connectivity index (χ1n) is 11.4. The molecule has 0 bridgehead atoms. The number of carbonyl (C=O) groups is 1. The van der Waals surface area contributed by atoms with Gasteiger partial charge in [-0.25, -0.2) is 0 Å². The van der Waals surface area contributed by atoms with Crippen LogP contribution in [0.5, 0.6) is 0 Å². The average Bonchev–Trinajstić information content (AvgIpc) is 2.76. The number of halogens is 1. The van der Waals surface area contributed by atoms with E-state index >= 15 is 0 Å². The van der Waals surface area contributed by atoms with Crippen molar-refractivity contribution in [2.45, 2.75) is 65.1 Å². The summed E-state index contributed by atoms with van der Waals surface area (Å²) in [5, 5.41) is 2.92. The van der Waals surface area contributed by atoms with Gasteiger partial charge in [0.15, 0.2) is 5.43 Å². The zero-order valence-corrected chi connectivity index (χ0v) is 21.4. The summed E-state index contributed by atoms with van der Waals surface area (Å²) in [5.41, 5.74) is 3.99. The number of anilines is 1. The Morgan fingerprint density at radius 2 is 1.78 bits per heavy atom. The highest BCUT2D eigenvalue weighted by Crippen LogP contribution is 2.34. The summed E-state index contributed by atoms with van der Waals surface area (Å²) in [4.78, 5) is 33.0. The lowest BCUT2D eigenvalue weighted by molar-refractivity contribution is 0.0950. The summed E-state index contributed by atoms with van der Waals surface area (Å²) >= 11 is 3.61. The van der Waals surface area contributed by atoms with E-state index in [2.05, 4.69) is 63.1 Å². The first-order chi connectivity index (χ1) is 15.2. The fourth-order valence-corrected chi connectivity index (χ4v) is 5.17. The number of hydrogen-bond donors (Lipinski definition) is 2. The largest absolute Gasteiger partial charge is 0.369 e. The van der Waals surface area contributed by atoms with Crippen LogP contribution in [0.3, 0.4) is 0 Å². The monoisotopic (exact) mass is 502 g/mol. The number of aromatic amines is 1. The van der Waals surface area contributed by atoms with E-state index in [1.54, 1.807) is 12.3 Å². The predicted molar refractivity (Wildman–Crippen MR) is 135 cm³/mol. The molecule has 2 N–H and O–H groups in total. The second-order valence-corrected chi connectivity index (χ2v) is 9.91. The average molecular weight is 503 g/mol. The number of nitrogens with zero attached hydrogens (tertiary/aromatic N) is 2. The highest BCUT2D eigenvalue weighted by molar-refractivity contribution is 9.10. The van der Waals surface area contributed by atoms with E-state index in [1.807, 2.05) is 19.9 Å². The van der Waals surface area contributed by atoms with Gasteiger partial charge in [-0.1, -0.05) is 15.9 Å². The summed E-state index contributed by atoms with van der Waals surface area (Å²) in [6, 6.07) is 6.67. The number of amides is 1. The quantitative estimate of drug-likeness (QED) is 0.589. The van der Waals surface area contributed by atoms with Crippen LogP contribution >= 0.6 is 15.9 Å². The van der Waals surface area contributed by atoms with Gasteiger partial charge < -0.3 is 20.1 Å². The molecule has 7 heteroatoms. The van der Waals surface area contributed by atoms with E-state index < -0.39 is 0 Å². The number of nitrogens with one attached hydrogen (secondary N) is 2. The molecule has 0 spiro atoms. The van der Waals surface area contributed by atoms with Crippen molar-refractivity contribution in [1.82, 2.24) is 15.2 Å². The van der Waals surface area contributed by atoms with E-state index in [0.717, 1.165) is 40.8 Å². The third-order valence-corrected chi connectivity index (χ3v) is 7.11. The molecule has 0 aliphatic heterocycles. The molecule has 32 heavy (non-hydrogen) atoms. The topological polar surface area (TPSA) is 68.4 Å². The summed E-state index contributed by atoms with van der Waals surface area (Å²) < 4.78 is 0.886. The molecule has 1 aromatic carbocycles. The number of rotatable bonds is 7. The Kier molecular flexibility index (Phi) is 8.17. The van der Waals surface area contributed by atoms with Crippen LogP contribution in [0, 0.1) is 13.8 Å². The molecule has 1 aliphatic rings. The summed E-state index contributed by atoms with van der Waals surface area (Å²) in [6.45, 7) is 7.13. The molecule has 6 nitrogen and oxygen atoms in total. The number of carbonyl (C=O) groups excluding carboxylic acids is 1. The maximum atomic E-state index is 13.1. The van der Waals surface area contributed by atoms with Gasteiger partial charge in [0.1, 0.15) is 0 Å².